The molecule has 0 heterocycles. The van der Waals surface area contributed by atoms with Crippen molar-refractivity contribution in [2.24, 2.45) is 11.3 Å². The van der Waals surface area contributed by atoms with Crippen LogP contribution in [0.3, 0.4) is 0 Å². The van der Waals surface area contributed by atoms with E-state index < -0.39 is 0 Å². The Morgan fingerprint density at radius 2 is 1.85 bits per heavy atom. The third-order valence-corrected chi connectivity index (χ3v) is 3.31. The predicted octanol–water partition coefficient (Wildman–Crippen LogP) is 1.78. The maximum absolute atomic E-state index is 9.55. The maximum atomic E-state index is 9.55. The molecule has 0 amide bonds. The van der Waals surface area contributed by atoms with Crippen LogP contribution in [0.25, 0.3) is 0 Å². The molecule has 2 heteroatoms. The summed E-state index contributed by atoms with van der Waals surface area (Å²) >= 11 is 0. The first-order chi connectivity index (χ1) is 5.95. The lowest BCUT2D eigenvalue weighted by Crippen LogP contribution is -2.46. The fraction of sp³-hybridized carbons (Fsp3) is 1.00. The Kier molecular flexibility index (Phi) is 3.36. The third-order valence-electron chi connectivity index (χ3n) is 3.31. The minimum Gasteiger partial charge on any atom is -0.393 e. The summed E-state index contributed by atoms with van der Waals surface area (Å²) in [6.07, 6.45) is 2.95. The van der Waals surface area contributed by atoms with Crippen LogP contribution in [0.4, 0.5) is 0 Å². The SMILES string of the molecule is CNC1CC(O)CCC1C(C)(C)C. The van der Waals surface area contributed by atoms with Crippen molar-refractivity contribution in [1.82, 2.24) is 5.32 Å². The van der Waals surface area contributed by atoms with Crippen molar-refractivity contribution in [3.05, 3.63) is 0 Å². The molecule has 3 unspecified atom stereocenters. The largest absolute Gasteiger partial charge is 0.393 e. The number of aliphatic hydroxyl groups is 1. The van der Waals surface area contributed by atoms with Gasteiger partial charge >= 0.3 is 0 Å². The van der Waals surface area contributed by atoms with Crippen LogP contribution < -0.4 is 5.32 Å². The summed E-state index contributed by atoms with van der Waals surface area (Å²) in [5, 5.41) is 12.9. The van der Waals surface area contributed by atoms with Gasteiger partial charge in [0.2, 0.25) is 0 Å². The van der Waals surface area contributed by atoms with Gasteiger partial charge in [0.25, 0.3) is 0 Å². The first-order valence-corrected chi connectivity index (χ1v) is 5.30. The monoisotopic (exact) mass is 185 g/mol. The molecule has 1 rings (SSSR count). The van der Waals surface area contributed by atoms with Gasteiger partial charge in [-0.15, -0.1) is 0 Å². The summed E-state index contributed by atoms with van der Waals surface area (Å²) < 4.78 is 0. The average molecular weight is 185 g/mol. The van der Waals surface area contributed by atoms with Crippen molar-refractivity contribution in [3.8, 4) is 0 Å². The zero-order chi connectivity index (χ0) is 10.1. The average Bonchev–Trinajstić information content (AvgIpc) is 2.01. The van der Waals surface area contributed by atoms with E-state index in [2.05, 4.69) is 26.1 Å². The molecule has 0 aliphatic heterocycles. The Morgan fingerprint density at radius 3 is 2.31 bits per heavy atom. The van der Waals surface area contributed by atoms with Crippen molar-refractivity contribution in [2.75, 3.05) is 7.05 Å². The molecule has 2 N–H and O–H groups in total. The van der Waals surface area contributed by atoms with Gasteiger partial charge in [-0.2, -0.15) is 0 Å². The second kappa shape index (κ2) is 3.97. The van der Waals surface area contributed by atoms with Gasteiger partial charge in [0.1, 0.15) is 0 Å². The molecule has 0 aromatic carbocycles. The lowest BCUT2D eigenvalue weighted by molar-refractivity contribution is 0.0460. The third kappa shape index (κ3) is 2.68. The highest BCUT2D eigenvalue weighted by Gasteiger charge is 2.35. The van der Waals surface area contributed by atoms with E-state index in [1.54, 1.807) is 0 Å². The number of nitrogens with one attached hydrogen (secondary N) is 1. The molecule has 1 aliphatic carbocycles. The minimum absolute atomic E-state index is 0.0870. The van der Waals surface area contributed by atoms with Crippen LogP contribution in [0.2, 0.25) is 0 Å². The van der Waals surface area contributed by atoms with E-state index in [0.717, 1.165) is 19.3 Å². The molecule has 0 bridgehead atoms. The molecule has 1 aliphatic rings. The summed E-state index contributed by atoms with van der Waals surface area (Å²) in [4.78, 5) is 0. The van der Waals surface area contributed by atoms with E-state index >= 15 is 0 Å². The topological polar surface area (TPSA) is 32.3 Å². The summed E-state index contributed by atoms with van der Waals surface area (Å²) in [5.74, 6) is 0.695. The second-order valence-electron chi connectivity index (χ2n) is 5.33. The summed E-state index contributed by atoms with van der Waals surface area (Å²) in [6, 6.07) is 0.490. The van der Waals surface area contributed by atoms with E-state index in [4.69, 9.17) is 0 Å². The van der Waals surface area contributed by atoms with Gasteiger partial charge < -0.3 is 10.4 Å². The molecule has 3 atom stereocenters. The molecule has 13 heavy (non-hydrogen) atoms. The fourth-order valence-corrected chi connectivity index (χ4v) is 2.50. The summed E-state index contributed by atoms with van der Waals surface area (Å²) in [5.41, 5.74) is 0.355. The van der Waals surface area contributed by atoms with Crippen LogP contribution in [0.15, 0.2) is 0 Å². The zero-order valence-electron chi connectivity index (χ0n) is 9.30. The van der Waals surface area contributed by atoms with Crippen molar-refractivity contribution in [1.29, 1.82) is 0 Å². The van der Waals surface area contributed by atoms with Gasteiger partial charge in [0.15, 0.2) is 0 Å². The highest BCUT2D eigenvalue weighted by molar-refractivity contribution is 4.90. The Labute approximate surface area is 81.7 Å². The smallest absolute Gasteiger partial charge is 0.0555 e. The molecule has 2 nitrogen and oxygen atoms in total. The Bertz CT molecular complexity index is 162. The van der Waals surface area contributed by atoms with Crippen LogP contribution in [-0.2, 0) is 0 Å². The molecule has 0 saturated heterocycles. The molecular weight excluding hydrogens is 162 g/mol. The molecule has 78 valence electrons. The van der Waals surface area contributed by atoms with E-state index in [1.165, 1.54) is 0 Å². The van der Waals surface area contributed by atoms with E-state index in [1.807, 2.05) is 7.05 Å². The van der Waals surface area contributed by atoms with Gasteiger partial charge in [0.05, 0.1) is 6.10 Å². The molecule has 0 aromatic rings. The van der Waals surface area contributed by atoms with Crippen LogP contribution >= 0.6 is 0 Å². The standard InChI is InChI=1S/C11H23NO/c1-11(2,3)9-6-5-8(13)7-10(9)12-4/h8-10,12-13H,5-7H2,1-4H3. The summed E-state index contributed by atoms with van der Waals surface area (Å²) in [6.45, 7) is 6.87. The number of rotatable bonds is 1. The summed E-state index contributed by atoms with van der Waals surface area (Å²) in [7, 11) is 2.00. The van der Waals surface area contributed by atoms with E-state index in [0.29, 0.717) is 17.4 Å². The van der Waals surface area contributed by atoms with Crippen LogP contribution in [0.1, 0.15) is 40.0 Å². The van der Waals surface area contributed by atoms with Gasteiger partial charge in [0, 0.05) is 6.04 Å². The number of hydrogen-bond acceptors (Lipinski definition) is 2. The highest BCUT2D eigenvalue weighted by Crippen LogP contribution is 2.37. The van der Waals surface area contributed by atoms with Gasteiger partial charge in [-0.3, -0.25) is 0 Å². The Morgan fingerprint density at radius 1 is 1.23 bits per heavy atom. The zero-order valence-corrected chi connectivity index (χ0v) is 9.30. The van der Waals surface area contributed by atoms with E-state index in [9.17, 15) is 5.11 Å². The molecule has 0 radical (unpaired) electrons. The van der Waals surface area contributed by atoms with Crippen LogP contribution in [0.5, 0.6) is 0 Å². The fourth-order valence-electron chi connectivity index (χ4n) is 2.50. The normalized spacial score (nSPS) is 36.2. The van der Waals surface area contributed by atoms with E-state index in [-0.39, 0.29) is 6.10 Å². The first kappa shape index (κ1) is 11.0. The lowest BCUT2D eigenvalue weighted by Gasteiger charge is -2.41. The molecule has 0 aromatic heterocycles. The minimum atomic E-state index is -0.0870. The van der Waals surface area contributed by atoms with Crippen LogP contribution in [-0.4, -0.2) is 24.3 Å². The number of aliphatic hydroxyl groups excluding tert-OH is 1. The van der Waals surface area contributed by atoms with Crippen molar-refractivity contribution in [3.63, 3.8) is 0 Å². The highest BCUT2D eigenvalue weighted by atomic mass is 16.3. The molecule has 1 saturated carbocycles. The van der Waals surface area contributed by atoms with Crippen molar-refractivity contribution in [2.45, 2.75) is 52.2 Å². The number of hydrogen-bond donors (Lipinski definition) is 2. The van der Waals surface area contributed by atoms with Gasteiger partial charge in [-0.05, 0) is 37.6 Å². The Hall–Kier alpha value is -0.0800. The second-order valence-corrected chi connectivity index (χ2v) is 5.33. The Balaban J connectivity index is 2.63. The molecular formula is C11H23NO. The van der Waals surface area contributed by atoms with Crippen molar-refractivity contribution >= 4 is 0 Å². The molecule has 1 fully saturated rings. The lowest BCUT2D eigenvalue weighted by atomic mass is 9.69. The first-order valence-electron chi connectivity index (χ1n) is 5.30. The maximum Gasteiger partial charge on any atom is 0.0555 e. The van der Waals surface area contributed by atoms with Crippen molar-refractivity contribution < 1.29 is 5.11 Å². The van der Waals surface area contributed by atoms with Crippen LogP contribution in [0, 0.1) is 11.3 Å². The predicted molar refractivity (Wildman–Crippen MR) is 55.7 cm³/mol. The van der Waals surface area contributed by atoms with Gasteiger partial charge in [-0.1, -0.05) is 20.8 Å². The molecule has 0 spiro atoms. The quantitative estimate of drug-likeness (QED) is 0.652. The van der Waals surface area contributed by atoms with Gasteiger partial charge in [-0.25, -0.2) is 0 Å².